The average molecular weight is 201 g/mol. The highest BCUT2D eigenvalue weighted by molar-refractivity contribution is 9.11. The van der Waals surface area contributed by atoms with E-state index in [-0.39, 0.29) is 5.82 Å². The minimum absolute atomic E-state index is 0.196. The molecule has 1 aromatic carbocycles. The van der Waals surface area contributed by atoms with Gasteiger partial charge in [-0.1, -0.05) is 34.1 Å². The van der Waals surface area contributed by atoms with Crippen LogP contribution in [-0.2, 0) is 0 Å². The zero-order chi connectivity index (χ0) is 7.40. The molecule has 0 nitrogen and oxygen atoms in total. The van der Waals surface area contributed by atoms with Crippen LogP contribution in [0.25, 0.3) is 6.08 Å². The van der Waals surface area contributed by atoms with Crippen molar-refractivity contribution in [2.24, 2.45) is 0 Å². The minimum Gasteiger partial charge on any atom is -0.206 e. The molecule has 0 aliphatic rings. The van der Waals surface area contributed by atoms with Gasteiger partial charge in [0.15, 0.2) is 0 Å². The topological polar surface area (TPSA) is 0 Å². The van der Waals surface area contributed by atoms with E-state index in [4.69, 9.17) is 0 Å². The van der Waals surface area contributed by atoms with Gasteiger partial charge in [0.25, 0.3) is 0 Å². The fourth-order valence-corrected chi connectivity index (χ4v) is 0.963. The van der Waals surface area contributed by atoms with Crippen LogP contribution in [0.1, 0.15) is 5.56 Å². The summed E-state index contributed by atoms with van der Waals surface area (Å²) in [6, 6.07) is 6.61. The lowest BCUT2D eigenvalue weighted by Crippen LogP contribution is -1.77. The Bertz CT molecular complexity index is 243. The van der Waals surface area contributed by atoms with Gasteiger partial charge in [-0.05, 0) is 17.1 Å². The lowest BCUT2D eigenvalue weighted by molar-refractivity contribution is 0.625. The van der Waals surface area contributed by atoms with Crippen LogP contribution in [-0.4, -0.2) is 0 Å². The third-order valence-electron chi connectivity index (χ3n) is 1.15. The first kappa shape index (κ1) is 7.48. The maximum absolute atomic E-state index is 12.7. The SMILES string of the molecule is Fc1ccccc1C=CBr. The molecule has 0 atom stereocenters. The number of benzene rings is 1. The van der Waals surface area contributed by atoms with E-state index in [1.807, 2.05) is 0 Å². The molecule has 0 unspecified atom stereocenters. The first-order chi connectivity index (χ1) is 4.84. The summed E-state index contributed by atoms with van der Waals surface area (Å²) in [6.45, 7) is 0. The molecule has 0 radical (unpaired) electrons. The third-order valence-corrected chi connectivity index (χ3v) is 1.41. The van der Waals surface area contributed by atoms with E-state index in [0.29, 0.717) is 5.56 Å². The predicted octanol–water partition coefficient (Wildman–Crippen LogP) is 3.19. The van der Waals surface area contributed by atoms with Crippen molar-refractivity contribution in [2.75, 3.05) is 0 Å². The zero-order valence-corrected chi connectivity index (χ0v) is 6.81. The molecule has 0 spiro atoms. The smallest absolute Gasteiger partial charge is 0.130 e. The summed E-state index contributed by atoms with van der Waals surface area (Å²) in [5, 5.41) is 0. The molecule has 0 bridgehead atoms. The summed E-state index contributed by atoms with van der Waals surface area (Å²) in [7, 11) is 0. The maximum Gasteiger partial charge on any atom is 0.130 e. The lowest BCUT2D eigenvalue weighted by Gasteiger charge is -1.92. The van der Waals surface area contributed by atoms with Gasteiger partial charge in [-0.25, -0.2) is 4.39 Å². The first-order valence-corrected chi connectivity index (χ1v) is 3.77. The normalized spacial score (nSPS) is 10.6. The Labute approximate surface area is 67.5 Å². The van der Waals surface area contributed by atoms with Crippen molar-refractivity contribution in [2.45, 2.75) is 0 Å². The van der Waals surface area contributed by atoms with Crippen LogP contribution in [0.4, 0.5) is 4.39 Å². The number of rotatable bonds is 1. The van der Waals surface area contributed by atoms with Crippen molar-refractivity contribution in [1.29, 1.82) is 0 Å². The van der Waals surface area contributed by atoms with Gasteiger partial charge in [0.2, 0.25) is 0 Å². The molecule has 0 saturated carbocycles. The molecule has 0 fully saturated rings. The molecule has 1 rings (SSSR count). The molecule has 0 heterocycles. The highest BCUT2D eigenvalue weighted by Crippen LogP contribution is 2.08. The van der Waals surface area contributed by atoms with E-state index in [2.05, 4.69) is 15.9 Å². The molecule has 0 saturated heterocycles. The summed E-state index contributed by atoms with van der Waals surface area (Å²) in [4.78, 5) is 1.63. The van der Waals surface area contributed by atoms with Crippen molar-refractivity contribution >= 4 is 22.0 Å². The molecule has 0 aromatic heterocycles. The lowest BCUT2D eigenvalue weighted by atomic mass is 10.2. The van der Waals surface area contributed by atoms with Crippen molar-refractivity contribution in [3.63, 3.8) is 0 Å². The fraction of sp³-hybridized carbons (Fsp3) is 0. The molecule has 0 N–H and O–H groups in total. The van der Waals surface area contributed by atoms with Gasteiger partial charge in [-0.15, -0.1) is 0 Å². The van der Waals surface area contributed by atoms with Crippen LogP contribution in [0.15, 0.2) is 29.3 Å². The van der Waals surface area contributed by atoms with E-state index < -0.39 is 0 Å². The van der Waals surface area contributed by atoms with Crippen LogP contribution < -0.4 is 0 Å². The molecule has 10 heavy (non-hydrogen) atoms. The van der Waals surface area contributed by atoms with Crippen LogP contribution in [0.5, 0.6) is 0 Å². The minimum atomic E-state index is -0.196. The van der Waals surface area contributed by atoms with E-state index in [0.717, 1.165) is 0 Å². The van der Waals surface area contributed by atoms with Gasteiger partial charge in [0.1, 0.15) is 5.82 Å². The first-order valence-electron chi connectivity index (χ1n) is 2.86. The second-order valence-electron chi connectivity index (χ2n) is 1.81. The Balaban J connectivity index is 3.03. The second kappa shape index (κ2) is 3.52. The largest absolute Gasteiger partial charge is 0.206 e. The quantitative estimate of drug-likeness (QED) is 0.654. The van der Waals surface area contributed by atoms with E-state index >= 15 is 0 Å². The Morgan fingerprint density at radius 1 is 1.30 bits per heavy atom. The summed E-state index contributed by atoms with van der Waals surface area (Å²) in [6.07, 6.45) is 1.66. The summed E-state index contributed by atoms with van der Waals surface area (Å²) in [5.74, 6) is -0.196. The standard InChI is InChI=1S/C8H6BrF/c9-6-5-7-3-1-2-4-8(7)10/h1-6H. The number of halogens is 2. The number of hydrogen-bond donors (Lipinski definition) is 0. The Morgan fingerprint density at radius 2 is 2.00 bits per heavy atom. The third kappa shape index (κ3) is 1.67. The summed E-state index contributed by atoms with van der Waals surface area (Å²) in [5.41, 5.74) is 0.597. The molecule has 0 aliphatic heterocycles. The van der Waals surface area contributed by atoms with Crippen molar-refractivity contribution in [1.82, 2.24) is 0 Å². The Kier molecular flexibility index (Phi) is 2.63. The fourth-order valence-electron chi connectivity index (χ4n) is 0.678. The van der Waals surface area contributed by atoms with Crippen LogP contribution in [0.2, 0.25) is 0 Å². The molecule has 0 amide bonds. The van der Waals surface area contributed by atoms with Crippen molar-refractivity contribution in [3.8, 4) is 0 Å². The molecular formula is C8H6BrF. The second-order valence-corrected chi connectivity index (χ2v) is 2.34. The molecule has 52 valence electrons. The monoisotopic (exact) mass is 200 g/mol. The van der Waals surface area contributed by atoms with Crippen LogP contribution in [0.3, 0.4) is 0 Å². The maximum atomic E-state index is 12.7. The number of hydrogen-bond acceptors (Lipinski definition) is 0. The van der Waals surface area contributed by atoms with Gasteiger partial charge < -0.3 is 0 Å². The Morgan fingerprint density at radius 3 is 2.60 bits per heavy atom. The molecule has 1 aromatic rings. The van der Waals surface area contributed by atoms with Crippen molar-refractivity contribution < 1.29 is 4.39 Å². The van der Waals surface area contributed by atoms with Gasteiger partial charge >= 0.3 is 0 Å². The highest BCUT2D eigenvalue weighted by Gasteiger charge is 1.92. The van der Waals surface area contributed by atoms with Gasteiger partial charge in [-0.2, -0.15) is 0 Å². The van der Waals surface area contributed by atoms with Gasteiger partial charge in [-0.3, -0.25) is 0 Å². The van der Waals surface area contributed by atoms with E-state index in [1.165, 1.54) is 6.07 Å². The van der Waals surface area contributed by atoms with Crippen LogP contribution in [0, 0.1) is 5.82 Å². The molecular weight excluding hydrogens is 195 g/mol. The van der Waals surface area contributed by atoms with Crippen molar-refractivity contribution in [3.05, 3.63) is 40.6 Å². The zero-order valence-electron chi connectivity index (χ0n) is 5.22. The van der Waals surface area contributed by atoms with Gasteiger partial charge in [0.05, 0.1) is 0 Å². The summed E-state index contributed by atoms with van der Waals surface area (Å²) < 4.78 is 12.7. The average Bonchev–Trinajstić information content (AvgIpc) is 1.94. The Hall–Kier alpha value is -0.630. The predicted molar refractivity (Wildman–Crippen MR) is 44.4 cm³/mol. The van der Waals surface area contributed by atoms with Gasteiger partial charge in [0, 0.05) is 5.56 Å². The summed E-state index contributed by atoms with van der Waals surface area (Å²) >= 11 is 3.07. The molecule has 2 heteroatoms. The highest BCUT2D eigenvalue weighted by atomic mass is 79.9. The molecule has 0 aliphatic carbocycles. The van der Waals surface area contributed by atoms with E-state index in [9.17, 15) is 4.39 Å². The van der Waals surface area contributed by atoms with Crippen LogP contribution >= 0.6 is 15.9 Å². The van der Waals surface area contributed by atoms with E-state index in [1.54, 1.807) is 29.3 Å².